The van der Waals surface area contributed by atoms with Crippen LogP contribution in [0.4, 0.5) is 5.82 Å². The van der Waals surface area contributed by atoms with Crippen LogP contribution in [0.5, 0.6) is 0 Å². The van der Waals surface area contributed by atoms with Gasteiger partial charge in [-0.2, -0.15) is 0 Å². The molecule has 0 radical (unpaired) electrons. The molecule has 3 aromatic rings. The summed E-state index contributed by atoms with van der Waals surface area (Å²) in [6.07, 6.45) is 1.79. The van der Waals surface area contributed by atoms with Crippen LogP contribution in [0.2, 0.25) is 0 Å². The first kappa shape index (κ1) is 18.9. The minimum Gasteiger partial charge on any atom is -0.357 e. The van der Waals surface area contributed by atoms with E-state index < -0.39 is 0 Å². The highest BCUT2D eigenvalue weighted by Crippen LogP contribution is 2.36. The van der Waals surface area contributed by atoms with Crippen LogP contribution in [-0.4, -0.2) is 29.8 Å². The maximum Gasteiger partial charge on any atom is 0.251 e. The zero-order valence-corrected chi connectivity index (χ0v) is 16.6. The highest BCUT2D eigenvalue weighted by atomic mass is 16.1. The molecule has 0 saturated heterocycles. The first-order valence-corrected chi connectivity index (χ1v) is 9.88. The number of carbonyl (C=O) groups is 2. The molecule has 1 aliphatic rings. The van der Waals surface area contributed by atoms with E-state index in [4.69, 9.17) is 0 Å². The lowest BCUT2D eigenvalue weighted by atomic mass is 10.0. The topological polar surface area (TPSA) is 62.3 Å². The maximum atomic E-state index is 12.6. The van der Waals surface area contributed by atoms with Crippen molar-refractivity contribution in [2.75, 3.05) is 18.0 Å². The summed E-state index contributed by atoms with van der Waals surface area (Å²) >= 11 is 0. The predicted molar refractivity (Wildman–Crippen MR) is 114 cm³/mol. The van der Waals surface area contributed by atoms with Crippen LogP contribution in [0.15, 0.2) is 60.8 Å². The second-order valence-electron chi connectivity index (χ2n) is 7.01. The maximum absolute atomic E-state index is 12.6. The van der Waals surface area contributed by atoms with E-state index in [1.807, 2.05) is 42.5 Å². The molecule has 0 atom stereocenters. The number of nitrogens with zero attached hydrogens (tertiary/aromatic N) is 2. The van der Waals surface area contributed by atoms with Crippen molar-refractivity contribution >= 4 is 17.5 Å². The van der Waals surface area contributed by atoms with Crippen LogP contribution >= 0.6 is 0 Å². The average molecular weight is 385 g/mol. The van der Waals surface area contributed by atoms with Gasteiger partial charge in [-0.15, -0.1) is 0 Å². The van der Waals surface area contributed by atoms with Gasteiger partial charge < -0.3 is 10.2 Å². The quantitative estimate of drug-likeness (QED) is 0.543. The predicted octanol–water partition coefficient (Wildman–Crippen LogP) is 4.07. The fourth-order valence-corrected chi connectivity index (χ4v) is 3.71. The fourth-order valence-electron chi connectivity index (χ4n) is 3.71. The number of aromatic nitrogens is 1. The molecular weight excluding hydrogens is 362 g/mol. The van der Waals surface area contributed by atoms with Crippen LogP contribution in [0.3, 0.4) is 0 Å². The number of benzene rings is 2. The van der Waals surface area contributed by atoms with E-state index in [1.54, 1.807) is 18.3 Å². The minimum atomic E-state index is -0.204. The summed E-state index contributed by atoms with van der Waals surface area (Å²) in [5.41, 5.74) is 4.51. The van der Waals surface area contributed by atoms with Gasteiger partial charge in [-0.3, -0.25) is 9.59 Å². The van der Waals surface area contributed by atoms with Crippen molar-refractivity contribution in [1.29, 1.82) is 0 Å². The second kappa shape index (κ2) is 7.87. The van der Waals surface area contributed by atoms with E-state index in [-0.39, 0.29) is 11.7 Å². The number of fused-ring (bicyclic) bond motifs is 3. The molecule has 1 aromatic heterocycles. The molecule has 5 nitrogen and oxygen atoms in total. The first-order valence-electron chi connectivity index (χ1n) is 9.88. The third kappa shape index (κ3) is 3.51. The Balaban J connectivity index is 1.46. The van der Waals surface area contributed by atoms with E-state index in [0.717, 1.165) is 35.6 Å². The normalized spacial score (nSPS) is 11.7. The Kier molecular flexibility index (Phi) is 5.12. The summed E-state index contributed by atoms with van der Waals surface area (Å²) in [6.45, 7) is 6.38. The highest BCUT2D eigenvalue weighted by Gasteiger charge is 2.26. The van der Waals surface area contributed by atoms with Gasteiger partial charge in [-0.25, -0.2) is 4.98 Å². The lowest BCUT2D eigenvalue weighted by Crippen LogP contribution is -2.24. The number of rotatable bonds is 6. The molecule has 0 aliphatic heterocycles. The standard InChI is InChI=1S/C24H23N3O2/c1-3-27(4-2)22-12-9-16(14-25-22)15-26-24(29)17-10-11-19-18-7-5-6-8-20(18)23(28)21(19)13-17/h5-14H,3-4,15H2,1-2H3,(H,26,29). The summed E-state index contributed by atoms with van der Waals surface area (Å²) < 4.78 is 0. The van der Waals surface area contributed by atoms with Crippen molar-refractivity contribution < 1.29 is 9.59 Å². The summed E-state index contributed by atoms with van der Waals surface area (Å²) in [5.74, 6) is 0.701. The lowest BCUT2D eigenvalue weighted by Gasteiger charge is -2.19. The van der Waals surface area contributed by atoms with Gasteiger partial charge in [0.25, 0.3) is 5.91 Å². The molecule has 0 unspecified atom stereocenters. The zero-order chi connectivity index (χ0) is 20.4. The molecule has 5 heteroatoms. The Bertz CT molecular complexity index is 1070. The molecule has 1 aliphatic carbocycles. The Morgan fingerprint density at radius 3 is 2.34 bits per heavy atom. The van der Waals surface area contributed by atoms with Crippen LogP contribution in [0.25, 0.3) is 11.1 Å². The van der Waals surface area contributed by atoms with Crippen molar-refractivity contribution in [3.05, 3.63) is 83.0 Å². The van der Waals surface area contributed by atoms with Crippen LogP contribution < -0.4 is 10.2 Å². The number of ketones is 1. The first-order chi connectivity index (χ1) is 14.1. The Morgan fingerprint density at radius 2 is 1.66 bits per heavy atom. The number of carbonyl (C=O) groups excluding carboxylic acids is 2. The van der Waals surface area contributed by atoms with Crippen molar-refractivity contribution in [3.63, 3.8) is 0 Å². The molecule has 2 aromatic carbocycles. The number of hydrogen-bond donors (Lipinski definition) is 1. The summed E-state index contributed by atoms with van der Waals surface area (Å²) in [7, 11) is 0. The van der Waals surface area contributed by atoms with Crippen LogP contribution in [0, 0.1) is 0 Å². The Hall–Kier alpha value is -3.47. The van der Waals surface area contributed by atoms with Crippen LogP contribution in [0.1, 0.15) is 45.7 Å². The zero-order valence-electron chi connectivity index (χ0n) is 16.6. The molecule has 0 bridgehead atoms. The van der Waals surface area contributed by atoms with Gasteiger partial charge in [-0.1, -0.05) is 36.4 Å². The van der Waals surface area contributed by atoms with E-state index in [9.17, 15) is 9.59 Å². The van der Waals surface area contributed by atoms with Crippen molar-refractivity contribution in [2.45, 2.75) is 20.4 Å². The highest BCUT2D eigenvalue weighted by molar-refractivity contribution is 6.22. The summed E-state index contributed by atoms with van der Waals surface area (Å²) in [4.78, 5) is 31.9. The molecular formula is C24H23N3O2. The monoisotopic (exact) mass is 385 g/mol. The molecule has 1 N–H and O–H groups in total. The molecule has 4 rings (SSSR count). The molecule has 1 amide bonds. The number of hydrogen-bond acceptors (Lipinski definition) is 4. The Morgan fingerprint density at radius 1 is 0.931 bits per heavy atom. The molecule has 29 heavy (non-hydrogen) atoms. The molecule has 0 saturated carbocycles. The minimum absolute atomic E-state index is 0.0264. The van der Waals surface area contributed by atoms with E-state index in [1.165, 1.54) is 0 Å². The van der Waals surface area contributed by atoms with E-state index >= 15 is 0 Å². The number of nitrogens with one attached hydrogen (secondary N) is 1. The smallest absolute Gasteiger partial charge is 0.251 e. The van der Waals surface area contributed by atoms with Gasteiger partial charge in [0, 0.05) is 42.5 Å². The van der Waals surface area contributed by atoms with E-state index in [2.05, 4.69) is 29.0 Å². The summed E-state index contributed by atoms with van der Waals surface area (Å²) in [5, 5.41) is 2.92. The van der Waals surface area contributed by atoms with Gasteiger partial charge in [0.15, 0.2) is 5.78 Å². The molecule has 0 spiro atoms. The third-order valence-electron chi connectivity index (χ3n) is 5.34. The summed E-state index contributed by atoms with van der Waals surface area (Å²) in [6, 6.07) is 16.8. The van der Waals surface area contributed by atoms with E-state index in [0.29, 0.717) is 23.2 Å². The number of amides is 1. The van der Waals surface area contributed by atoms with Crippen molar-refractivity contribution in [3.8, 4) is 11.1 Å². The molecule has 1 heterocycles. The van der Waals surface area contributed by atoms with Gasteiger partial charge >= 0.3 is 0 Å². The largest absolute Gasteiger partial charge is 0.357 e. The number of anilines is 1. The molecule has 0 fully saturated rings. The average Bonchev–Trinajstić information content (AvgIpc) is 3.06. The number of pyridine rings is 1. The van der Waals surface area contributed by atoms with Crippen molar-refractivity contribution in [2.24, 2.45) is 0 Å². The van der Waals surface area contributed by atoms with Crippen LogP contribution in [-0.2, 0) is 6.54 Å². The Labute approximate surface area is 170 Å². The molecule has 146 valence electrons. The van der Waals surface area contributed by atoms with Gasteiger partial charge in [0.05, 0.1) is 0 Å². The van der Waals surface area contributed by atoms with Crippen molar-refractivity contribution in [1.82, 2.24) is 10.3 Å². The van der Waals surface area contributed by atoms with Gasteiger partial charge in [0.1, 0.15) is 5.82 Å². The van der Waals surface area contributed by atoms with Gasteiger partial charge in [0.2, 0.25) is 0 Å². The SMILES string of the molecule is CCN(CC)c1ccc(CNC(=O)c2ccc3c(c2)C(=O)c2ccccc2-3)cn1. The lowest BCUT2D eigenvalue weighted by molar-refractivity contribution is 0.0951. The third-order valence-corrected chi connectivity index (χ3v) is 5.34. The fraction of sp³-hybridized carbons (Fsp3) is 0.208. The second-order valence-corrected chi connectivity index (χ2v) is 7.01. The van der Waals surface area contributed by atoms with Gasteiger partial charge in [-0.05, 0) is 48.7 Å².